The quantitative estimate of drug-likeness (QED) is 0.280. The Balaban J connectivity index is 1.48. The molecule has 1 aromatic carbocycles. The lowest BCUT2D eigenvalue weighted by Gasteiger charge is -2.22. The van der Waals surface area contributed by atoms with Gasteiger partial charge in [-0.3, -0.25) is 0 Å². The van der Waals surface area contributed by atoms with Crippen molar-refractivity contribution < 1.29 is 14.2 Å². The topological polar surface area (TPSA) is 42.4 Å². The molecule has 1 aromatic heterocycles. The van der Waals surface area contributed by atoms with Crippen molar-refractivity contribution in [2.75, 3.05) is 6.61 Å². The molecule has 0 radical (unpaired) electrons. The van der Waals surface area contributed by atoms with E-state index in [1.807, 2.05) is 24.3 Å². The first-order valence-electron chi connectivity index (χ1n) is 11.2. The summed E-state index contributed by atoms with van der Waals surface area (Å²) >= 11 is 8.00. The van der Waals surface area contributed by atoms with E-state index in [0.29, 0.717) is 18.4 Å². The van der Waals surface area contributed by atoms with E-state index in [1.165, 1.54) is 16.7 Å². The number of thiazole rings is 1. The minimum absolute atomic E-state index is 0.134. The summed E-state index contributed by atoms with van der Waals surface area (Å²) in [6.45, 7) is 2.76. The van der Waals surface area contributed by atoms with Crippen LogP contribution in [0.1, 0.15) is 75.0 Å². The zero-order chi connectivity index (χ0) is 21.3. The van der Waals surface area contributed by atoms with Crippen molar-refractivity contribution in [1.82, 2.24) is 4.98 Å². The Morgan fingerprint density at radius 2 is 2.17 bits per heavy atom. The van der Waals surface area contributed by atoms with Gasteiger partial charge in [-0.05, 0) is 62.1 Å². The van der Waals surface area contributed by atoms with E-state index in [9.17, 15) is 9.50 Å². The maximum atomic E-state index is 13.0. The summed E-state index contributed by atoms with van der Waals surface area (Å²) in [5.41, 5.74) is 0.921. The van der Waals surface area contributed by atoms with Crippen LogP contribution >= 0.6 is 22.9 Å². The molecule has 3 rings (SSSR count). The summed E-state index contributed by atoms with van der Waals surface area (Å²) in [7, 11) is 0. The highest BCUT2D eigenvalue weighted by Crippen LogP contribution is 2.39. The molecule has 1 saturated carbocycles. The number of aryl methyl sites for hydroxylation is 1. The van der Waals surface area contributed by atoms with Gasteiger partial charge in [0.05, 0.1) is 17.7 Å². The maximum Gasteiger partial charge on any atom is 0.223 e. The molecule has 1 heterocycles. The average Bonchev–Trinajstić information content (AvgIpc) is 3.32. The molecule has 1 aliphatic carbocycles. The Morgan fingerprint density at radius 1 is 1.30 bits per heavy atom. The van der Waals surface area contributed by atoms with E-state index in [4.69, 9.17) is 16.3 Å². The van der Waals surface area contributed by atoms with E-state index in [2.05, 4.69) is 11.9 Å². The van der Waals surface area contributed by atoms with Gasteiger partial charge in [-0.15, -0.1) is 22.9 Å². The molecule has 0 aliphatic heterocycles. The molecule has 30 heavy (non-hydrogen) atoms. The molecule has 0 saturated heterocycles. The third-order valence-corrected chi connectivity index (χ3v) is 7.56. The molecule has 1 N–H and O–H groups in total. The fourth-order valence-electron chi connectivity index (χ4n) is 4.37. The highest BCUT2D eigenvalue weighted by Gasteiger charge is 2.35. The van der Waals surface area contributed by atoms with E-state index in [0.717, 1.165) is 74.1 Å². The molecular formula is C24H33ClFNO2S. The number of benzene rings is 1. The Kier molecular flexibility index (Phi) is 9.41. The van der Waals surface area contributed by atoms with Gasteiger partial charge in [-0.1, -0.05) is 38.3 Å². The van der Waals surface area contributed by atoms with Gasteiger partial charge >= 0.3 is 0 Å². The van der Waals surface area contributed by atoms with Crippen molar-refractivity contribution in [2.24, 2.45) is 11.8 Å². The number of hydrogen-bond donors (Lipinski definition) is 1. The summed E-state index contributed by atoms with van der Waals surface area (Å²) in [5.74, 6) is 1.27. The fourth-order valence-corrected chi connectivity index (χ4v) is 5.47. The van der Waals surface area contributed by atoms with Crippen LogP contribution in [0.25, 0.3) is 0 Å². The molecule has 2 aromatic rings. The Labute approximate surface area is 188 Å². The van der Waals surface area contributed by atoms with Crippen molar-refractivity contribution in [3.05, 3.63) is 46.2 Å². The van der Waals surface area contributed by atoms with Crippen LogP contribution < -0.4 is 4.74 Å². The maximum absolute atomic E-state index is 13.0. The Hall–Kier alpha value is -1.17. The van der Waals surface area contributed by atoms with Crippen LogP contribution in [0.3, 0.4) is 0 Å². The Bertz CT molecular complexity index is 771. The van der Waals surface area contributed by atoms with Gasteiger partial charge < -0.3 is 9.84 Å². The van der Waals surface area contributed by atoms with E-state index < -0.39 is 6.10 Å². The molecule has 1 aliphatic rings. The molecule has 0 amide bonds. The van der Waals surface area contributed by atoms with E-state index >= 15 is 0 Å². The average molecular weight is 454 g/mol. The van der Waals surface area contributed by atoms with Crippen LogP contribution in [0.5, 0.6) is 5.75 Å². The first-order valence-corrected chi connectivity index (χ1v) is 12.5. The standard InChI is InChI=1S/C24H33ClFNO2S/c1-2-3-4-10-22(28)18-8-5-9-19(14-18)29-15-20-17(12-13-21(20)25)7-6-11-24-27-23(26)16-30-24/h5,8-9,14,16-17,20-22,28H,2-4,6-7,10-13,15H2,1H3/t17-,20+,21?,22?/m0/s1. The van der Waals surface area contributed by atoms with E-state index in [-0.39, 0.29) is 11.3 Å². The van der Waals surface area contributed by atoms with Gasteiger partial charge in [-0.25, -0.2) is 4.98 Å². The van der Waals surface area contributed by atoms with Gasteiger partial charge in [0.1, 0.15) is 5.75 Å². The smallest absolute Gasteiger partial charge is 0.223 e. The zero-order valence-electron chi connectivity index (χ0n) is 17.7. The lowest BCUT2D eigenvalue weighted by Crippen LogP contribution is -2.23. The molecule has 0 spiro atoms. The molecule has 0 bridgehead atoms. The first-order chi connectivity index (χ1) is 14.6. The minimum atomic E-state index is -0.434. The fraction of sp³-hybridized carbons (Fsp3) is 0.625. The number of alkyl halides is 1. The molecule has 6 heteroatoms. The molecule has 1 fully saturated rings. The third kappa shape index (κ3) is 6.93. The highest BCUT2D eigenvalue weighted by molar-refractivity contribution is 7.09. The zero-order valence-corrected chi connectivity index (χ0v) is 19.3. The molecular weight excluding hydrogens is 421 g/mol. The number of hydrogen-bond acceptors (Lipinski definition) is 4. The highest BCUT2D eigenvalue weighted by atomic mass is 35.5. The van der Waals surface area contributed by atoms with Crippen molar-refractivity contribution in [2.45, 2.75) is 76.2 Å². The van der Waals surface area contributed by atoms with Crippen molar-refractivity contribution in [3.8, 4) is 5.75 Å². The Morgan fingerprint density at radius 3 is 2.93 bits per heavy atom. The summed E-state index contributed by atoms with van der Waals surface area (Å²) in [6, 6.07) is 7.83. The largest absolute Gasteiger partial charge is 0.493 e. The number of ether oxygens (including phenoxy) is 1. The minimum Gasteiger partial charge on any atom is -0.493 e. The van der Waals surface area contributed by atoms with Gasteiger partial charge in [-0.2, -0.15) is 4.39 Å². The number of nitrogens with zero attached hydrogens (tertiary/aromatic N) is 1. The number of aliphatic hydroxyl groups is 1. The summed E-state index contributed by atoms with van der Waals surface area (Å²) < 4.78 is 19.2. The molecule has 2 unspecified atom stereocenters. The van der Waals surface area contributed by atoms with Gasteiger partial charge in [0.2, 0.25) is 5.95 Å². The van der Waals surface area contributed by atoms with Gasteiger partial charge in [0.15, 0.2) is 0 Å². The predicted molar refractivity (Wildman–Crippen MR) is 122 cm³/mol. The second kappa shape index (κ2) is 12.0. The lowest BCUT2D eigenvalue weighted by molar-refractivity contribution is 0.162. The number of aromatic nitrogens is 1. The number of aliphatic hydroxyl groups excluding tert-OH is 1. The third-order valence-electron chi connectivity index (χ3n) is 6.14. The monoisotopic (exact) mass is 453 g/mol. The van der Waals surface area contributed by atoms with Crippen molar-refractivity contribution >= 4 is 22.9 Å². The van der Waals surface area contributed by atoms with Crippen LogP contribution in [-0.4, -0.2) is 22.1 Å². The first kappa shape index (κ1) is 23.5. The van der Waals surface area contributed by atoms with E-state index in [1.54, 1.807) is 0 Å². The van der Waals surface area contributed by atoms with Crippen molar-refractivity contribution in [1.29, 1.82) is 0 Å². The van der Waals surface area contributed by atoms with Gasteiger partial charge in [0, 0.05) is 16.7 Å². The lowest BCUT2D eigenvalue weighted by atomic mass is 9.91. The summed E-state index contributed by atoms with van der Waals surface area (Å²) in [4.78, 5) is 3.91. The number of rotatable bonds is 12. The predicted octanol–water partition coefficient (Wildman–Crippen LogP) is 6.93. The molecule has 166 valence electrons. The number of unbranched alkanes of at least 4 members (excludes halogenated alkanes) is 2. The van der Waals surface area contributed by atoms with Crippen LogP contribution in [-0.2, 0) is 6.42 Å². The SMILES string of the molecule is CCCCCC(O)c1cccc(OC[C@H]2C(Cl)CC[C@@H]2CCCc2nc(F)cs2)c1. The van der Waals surface area contributed by atoms with Crippen LogP contribution in [0.4, 0.5) is 4.39 Å². The van der Waals surface area contributed by atoms with Crippen LogP contribution in [0.2, 0.25) is 0 Å². The summed E-state index contributed by atoms with van der Waals surface area (Å²) in [6.07, 6.45) is 8.70. The second-order valence-electron chi connectivity index (χ2n) is 8.37. The van der Waals surface area contributed by atoms with Gasteiger partial charge in [0.25, 0.3) is 0 Å². The summed E-state index contributed by atoms with van der Waals surface area (Å²) in [5, 5.41) is 12.9. The van der Waals surface area contributed by atoms with Crippen molar-refractivity contribution in [3.63, 3.8) is 0 Å². The van der Waals surface area contributed by atoms with Crippen LogP contribution in [0.15, 0.2) is 29.6 Å². The second-order valence-corrected chi connectivity index (χ2v) is 9.87. The van der Waals surface area contributed by atoms with Crippen LogP contribution in [0, 0.1) is 17.8 Å². The molecule has 4 atom stereocenters. The normalized spacial score (nSPS) is 22.3. The number of halogens is 2. The molecule has 3 nitrogen and oxygen atoms in total.